The number of aryl methyl sites for hydroxylation is 1. The van der Waals surface area contributed by atoms with Gasteiger partial charge in [-0.3, -0.25) is 4.98 Å². The lowest BCUT2D eigenvalue weighted by molar-refractivity contribution is 0.371. The Morgan fingerprint density at radius 1 is 1.14 bits per heavy atom. The summed E-state index contributed by atoms with van der Waals surface area (Å²) >= 11 is 0. The first-order chi connectivity index (χ1) is 6.61. The Morgan fingerprint density at radius 3 is 2.57 bits per heavy atom. The lowest BCUT2D eigenvalue weighted by Crippen LogP contribution is -1.84. The van der Waals surface area contributed by atoms with Gasteiger partial charge in [-0.1, -0.05) is 0 Å². The fraction of sp³-hybridized carbons (Fsp3) is 0.100. The summed E-state index contributed by atoms with van der Waals surface area (Å²) in [4.78, 5) is 3.99. The molecule has 0 fully saturated rings. The first-order valence-corrected chi connectivity index (χ1v) is 4.10. The van der Waals surface area contributed by atoms with Gasteiger partial charge in [0.25, 0.3) is 0 Å². The quantitative estimate of drug-likeness (QED) is 0.553. The van der Waals surface area contributed by atoms with Crippen LogP contribution >= 0.6 is 0 Å². The largest absolute Gasteiger partial charge is 0.504 e. The minimum absolute atomic E-state index is 0.328. The van der Waals surface area contributed by atoms with E-state index in [9.17, 15) is 15.3 Å². The zero-order valence-electron chi connectivity index (χ0n) is 7.52. The molecule has 0 bridgehead atoms. The van der Waals surface area contributed by atoms with E-state index in [0.717, 1.165) is 0 Å². The van der Waals surface area contributed by atoms with E-state index < -0.39 is 5.75 Å². The molecule has 1 heterocycles. The molecule has 4 nitrogen and oxygen atoms in total. The highest BCUT2D eigenvalue weighted by Gasteiger charge is 2.12. The normalized spacial score (nSPS) is 10.6. The van der Waals surface area contributed by atoms with E-state index in [1.165, 1.54) is 6.07 Å². The van der Waals surface area contributed by atoms with Crippen molar-refractivity contribution in [1.82, 2.24) is 4.98 Å². The van der Waals surface area contributed by atoms with E-state index >= 15 is 0 Å². The molecule has 0 unspecified atom stereocenters. The number of aromatic nitrogens is 1. The second-order valence-electron chi connectivity index (χ2n) is 3.09. The molecule has 72 valence electrons. The van der Waals surface area contributed by atoms with Crippen molar-refractivity contribution in [3.63, 3.8) is 0 Å². The molecule has 4 heteroatoms. The van der Waals surface area contributed by atoms with E-state index in [-0.39, 0.29) is 11.5 Å². The molecule has 0 radical (unpaired) electrons. The van der Waals surface area contributed by atoms with E-state index in [0.29, 0.717) is 16.5 Å². The summed E-state index contributed by atoms with van der Waals surface area (Å²) in [6.45, 7) is 1.72. The highest BCUT2D eigenvalue weighted by Crippen LogP contribution is 2.41. The maximum Gasteiger partial charge on any atom is 0.201 e. The van der Waals surface area contributed by atoms with Gasteiger partial charge in [-0.2, -0.15) is 0 Å². The van der Waals surface area contributed by atoms with Crippen LogP contribution in [0.1, 0.15) is 5.69 Å². The summed E-state index contributed by atoms with van der Waals surface area (Å²) in [5.74, 6) is -1.17. The molecule has 0 spiro atoms. The van der Waals surface area contributed by atoms with Crippen LogP contribution in [0.4, 0.5) is 0 Å². The third kappa shape index (κ3) is 1.04. The van der Waals surface area contributed by atoms with E-state index in [1.54, 1.807) is 19.2 Å². The molecular formula is C10H9NO3. The summed E-state index contributed by atoms with van der Waals surface area (Å²) < 4.78 is 0. The standard InChI is InChI=1S/C10H9NO3/c1-5-8-6(2-3-11-5)4-7(12)9(13)10(8)14/h2-4,12-14H,1H3. The zero-order chi connectivity index (χ0) is 10.3. The second kappa shape index (κ2) is 2.77. The van der Waals surface area contributed by atoms with Crippen molar-refractivity contribution in [2.24, 2.45) is 0 Å². The second-order valence-corrected chi connectivity index (χ2v) is 3.09. The molecule has 3 N–H and O–H groups in total. The number of nitrogens with zero attached hydrogens (tertiary/aromatic N) is 1. The number of hydrogen-bond acceptors (Lipinski definition) is 4. The molecular weight excluding hydrogens is 182 g/mol. The van der Waals surface area contributed by atoms with Gasteiger partial charge in [0.05, 0.1) is 0 Å². The van der Waals surface area contributed by atoms with E-state index in [4.69, 9.17) is 0 Å². The number of aromatic hydroxyl groups is 3. The van der Waals surface area contributed by atoms with Gasteiger partial charge >= 0.3 is 0 Å². The average Bonchev–Trinajstić information content (AvgIpc) is 2.14. The lowest BCUT2D eigenvalue weighted by atomic mass is 10.1. The van der Waals surface area contributed by atoms with Crippen LogP contribution in [0.15, 0.2) is 18.3 Å². The fourth-order valence-corrected chi connectivity index (χ4v) is 1.47. The predicted molar refractivity (Wildman–Crippen MR) is 51.5 cm³/mol. The predicted octanol–water partition coefficient (Wildman–Crippen LogP) is 1.66. The smallest absolute Gasteiger partial charge is 0.201 e. The Balaban J connectivity index is 2.99. The van der Waals surface area contributed by atoms with Crippen molar-refractivity contribution in [3.8, 4) is 17.2 Å². The third-order valence-corrected chi connectivity index (χ3v) is 2.17. The van der Waals surface area contributed by atoms with Crippen molar-refractivity contribution in [3.05, 3.63) is 24.0 Å². The van der Waals surface area contributed by atoms with Crippen molar-refractivity contribution >= 4 is 10.8 Å². The SMILES string of the molecule is Cc1nccc2cc(O)c(O)c(O)c12. The summed E-state index contributed by atoms with van der Waals surface area (Å²) in [5, 5.41) is 29.2. The summed E-state index contributed by atoms with van der Waals surface area (Å²) in [6, 6.07) is 3.04. The van der Waals surface area contributed by atoms with Gasteiger partial charge in [0.2, 0.25) is 5.75 Å². The van der Waals surface area contributed by atoms with Crippen LogP contribution in [0.2, 0.25) is 0 Å². The van der Waals surface area contributed by atoms with Gasteiger partial charge in [-0.15, -0.1) is 0 Å². The minimum atomic E-state index is -0.506. The molecule has 0 saturated carbocycles. The Hall–Kier alpha value is -1.97. The highest BCUT2D eigenvalue weighted by atomic mass is 16.3. The molecule has 0 aliphatic carbocycles. The van der Waals surface area contributed by atoms with Gasteiger partial charge in [0.1, 0.15) is 0 Å². The topological polar surface area (TPSA) is 73.6 Å². The molecule has 14 heavy (non-hydrogen) atoms. The van der Waals surface area contributed by atoms with Crippen LogP contribution in [0, 0.1) is 6.92 Å². The molecule has 0 amide bonds. The molecule has 0 saturated heterocycles. The number of pyridine rings is 1. The lowest BCUT2D eigenvalue weighted by Gasteiger charge is -2.06. The first-order valence-electron chi connectivity index (χ1n) is 4.10. The summed E-state index contributed by atoms with van der Waals surface area (Å²) in [7, 11) is 0. The molecule has 1 aromatic heterocycles. The Bertz CT molecular complexity index is 508. The minimum Gasteiger partial charge on any atom is -0.504 e. The Kier molecular flexibility index (Phi) is 1.70. The molecule has 1 aromatic carbocycles. The molecule has 0 aliphatic rings. The van der Waals surface area contributed by atoms with Crippen molar-refractivity contribution in [2.75, 3.05) is 0 Å². The van der Waals surface area contributed by atoms with Crippen LogP contribution < -0.4 is 0 Å². The number of phenolic OH excluding ortho intramolecular Hbond substituents is 3. The van der Waals surface area contributed by atoms with Gasteiger partial charge in [-0.25, -0.2) is 0 Å². The van der Waals surface area contributed by atoms with Crippen LogP contribution in [-0.2, 0) is 0 Å². The number of phenols is 3. The Labute approximate surface area is 80.1 Å². The number of benzene rings is 1. The van der Waals surface area contributed by atoms with Crippen molar-refractivity contribution < 1.29 is 15.3 Å². The van der Waals surface area contributed by atoms with Crippen LogP contribution in [-0.4, -0.2) is 20.3 Å². The number of fused-ring (bicyclic) bond motifs is 1. The third-order valence-electron chi connectivity index (χ3n) is 2.17. The first kappa shape index (κ1) is 8.62. The van der Waals surface area contributed by atoms with E-state index in [2.05, 4.69) is 4.98 Å². The number of rotatable bonds is 0. The van der Waals surface area contributed by atoms with Crippen molar-refractivity contribution in [1.29, 1.82) is 0 Å². The average molecular weight is 191 g/mol. The number of hydrogen-bond donors (Lipinski definition) is 3. The summed E-state index contributed by atoms with van der Waals surface area (Å²) in [6.07, 6.45) is 1.58. The van der Waals surface area contributed by atoms with Gasteiger partial charge in [-0.05, 0) is 24.4 Å². The maximum atomic E-state index is 9.57. The van der Waals surface area contributed by atoms with E-state index in [1.807, 2.05) is 0 Å². The van der Waals surface area contributed by atoms with Gasteiger partial charge < -0.3 is 15.3 Å². The van der Waals surface area contributed by atoms with Crippen molar-refractivity contribution in [2.45, 2.75) is 6.92 Å². The highest BCUT2D eigenvalue weighted by molar-refractivity contribution is 5.93. The molecule has 2 aromatic rings. The van der Waals surface area contributed by atoms with Gasteiger partial charge in [0.15, 0.2) is 11.5 Å². The maximum absolute atomic E-state index is 9.57. The monoisotopic (exact) mass is 191 g/mol. The zero-order valence-corrected chi connectivity index (χ0v) is 7.52. The molecule has 2 rings (SSSR count). The molecule has 0 atom stereocenters. The van der Waals surface area contributed by atoms with Crippen LogP contribution in [0.3, 0.4) is 0 Å². The molecule has 0 aliphatic heterocycles. The van der Waals surface area contributed by atoms with Crippen LogP contribution in [0.5, 0.6) is 17.2 Å². The van der Waals surface area contributed by atoms with Crippen LogP contribution in [0.25, 0.3) is 10.8 Å². The van der Waals surface area contributed by atoms with Gasteiger partial charge in [0, 0.05) is 17.3 Å². The summed E-state index contributed by atoms with van der Waals surface area (Å²) in [5.41, 5.74) is 0.607. The Morgan fingerprint density at radius 2 is 1.86 bits per heavy atom. The fourth-order valence-electron chi connectivity index (χ4n) is 1.47.